The minimum absolute atomic E-state index is 0. The molecule has 4 unspecified atom stereocenters. The zero-order chi connectivity index (χ0) is 26.7. The van der Waals surface area contributed by atoms with Crippen LogP contribution in [0.1, 0.15) is 78.6 Å². The van der Waals surface area contributed by atoms with Crippen LogP contribution in [-0.4, -0.2) is 90.7 Å². The first-order valence-electron chi connectivity index (χ1n) is 15.9. The van der Waals surface area contributed by atoms with E-state index in [1.807, 2.05) is 0 Å². The minimum Gasteiger partial charge on any atom is -1.00 e. The van der Waals surface area contributed by atoms with Crippen LogP contribution in [0.2, 0.25) is 0 Å². The van der Waals surface area contributed by atoms with E-state index in [-0.39, 0.29) is 52.0 Å². The summed E-state index contributed by atoms with van der Waals surface area (Å²) in [7, 11) is 0. The summed E-state index contributed by atoms with van der Waals surface area (Å²) in [5.74, 6) is 2.54. The van der Waals surface area contributed by atoms with Gasteiger partial charge in [-0.25, -0.2) is 0 Å². The predicted molar refractivity (Wildman–Crippen MR) is 148 cm³/mol. The van der Waals surface area contributed by atoms with Crippen molar-refractivity contribution in [3.05, 3.63) is 12.7 Å². The number of carbonyl (C=O) groups is 1. The van der Waals surface area contributed by atoms with Crippen LogP contribution in [0.5, 0.6) is 0 Å². The molecule has 2 saturated heterocycles. The molecular formula is C32H53BrN2O4. The molecule has 6 aliphatic rings. The standard InChI is InChI=1S/C32H53N2O4.BrH/c1-5-14-34(15-6-7-16-34)28-20-26-24-9-8-23-19-29(36)27(33-12-17-37-18-13-33)21-32(23,4)25(24)10-11-31(26,3)30(28)38-22(2)35;/h5,23-30,36H,1,6-21H2,2-4H3;1H/q+1;/p-1/t23-,24?,25?,26?,27?,28-,29-,30-,31-,32-;/m0./s1. The lowest BCUT2D eigenvalue weighted by atomic mass is 9.44. The second kappa shape index (κ2) is 11.3. The fourth-order valence-corrected chi connectivity index (χ4v) is 11.3. The smallest absolute Gasteiger partial charge is 0.303 e. The van der Waals surface area contributed by atoms with Gasteiger partial charge in [-0.1, -0.05) is 20.4 Å². The third-order valence-electron chi connectivity index (χ3n) is 13.1. The third kappa shape index (κ3) is 4.88. The average molecular weight is 610 g/mol. The summed E-state index contributed by atoms with van der Waals surface area (Å²) in [6.07, 6.45) is 12.7. The lowest BCUT2D eigenvalue weighted by Gasteiger charge is -2.62. The van der Waals surface area contributed by atoms with Gasteiger partial charge in [-0.05, 0) is 73.7 Å². The molecule has 39 heavy (non-hydrogen) atoms. The molecule has 6 nitrogen and oxygen atoms in total. The van der Waals surface area contributed by atoms with Gasteiger partial charge in [-0.2, -0.15) is 0 Å². The van der Waals surface area contributed by atoms with Gasteiger partial charge in [0.1, 0.15) is 6.04 Å². The average Bonchev–Trinajstić information content (AvgIpc) is 3.48. The molecule has 0 aromatic heterocycles. The maximum Gasteiger partial charge on any atom is 0.303 e. The molecule has 222 valence electrons. The Labute approximate surface area is 247 Å². The van der Waals surface area contributed by atoms with E-state index >= 15 is 0 Å². The van der Waals surface area contributed by atoms with Crippen molar-refractivity contribution in [1.82, 2.24) is 4.90 Å². The molecule has 0 radical (unpaired) electrons. The zero-order valence-corrected chi connectivity index (χ0v) is 26.2. The normalized spacial score (nSPS) is 47.3. The number of nitrogens with zero attached hydrogens (tertiary/aromatic N) is 2. The molecule has 0 aromatic carbocycles. The van der Waals surface area contributed by atoms with E-state index in [4.69, 9.17) is 9.47 Å². The molecule has 6 rings (SSSR count). The number of hydrogen-bond donors (Lipinski definition) is 1. The molecule has 2 heterocycles. The van der Waals surface area contributed by atoms with Crippen LogP contribution in [0.4, 0.5) is 0 Å². The Hall–Kier alpha value is -0.470. The van der Waals surface area contributed by atoms with Crippen molar-refractivity contribution in [2.45, 2.75) is 103 Å². The van der Waals surface area contributed by atoms with Gasteiger partial charge in [-0.3, -0.25) is 9.69 Å². The summed E-state index contributed by atoms with van der Waals surface area (Å²) in [5.41, 5.74) is 0.343. The molecule has 6 fully saturated rings. The first-order chi connectivity index (χ1) is 18.2. The minimum atomic E-state index is -0.209. The maximum absolute atomic E-state index is 12.5. The van der Waals surface area contributed by atoms with E-state index in [9.17, 15) is 9.90 Å². The zero-order valence-electron chi connectivity index (χ0n) is 24.7. The van der Waals surface area contributed by atoms with Gasteiger partial charge in [-0.15, -0.1) is 0 Å². The highest BCUT2D eigenvalue weighted by atomic mass is 79.9. The fraction of sp³-hybridized carbons (Fsp3) is 0.906. The van der Waals surface area contributed by atoms with Crippen LogP contribution >= 0.6 is 0 Å². The number of ether oxygens (including phenoxy) is 2. The molecule has 0 amide bonds. The highest BCUT2D eigenvalue weighted by Crippen LogP contribution is 2.67. The lowest BCUT2D eigenvalue weighted by Crippen LogP contribution is -3.00. The number of aliphatic hydroxyl groups is 1. The summed E-state index contributed by atoms with van der Waals surface area (Å²) in [6, 6.07) is 0.663. The Morgan fingerprint density at radius 2 is 1.82 bits per heavy atom. The number of quaternary nitrogens is 1. The van der Waals surface area contributed by atoms with E-state index in [0.717, 1.165) is 56.6 Å². The molecule has 2 aliphatic heterocycles. The van der Waals surface area contributed by atoms with Crippen LogP contribution in [0.3, 0.4) is 0 Å². The maximum atomic E-state index is 12.5. The van der Waals surface area contributed by atoms with Gasteiger partial charge in [0.15, 0.2) is 6.10 Å². The van der Waals surface area contributed by atoms with Crippen molar-refractivity contribution >= 4 is 5.97 Å². The third-order valence-corrected chi connectivity index (χ3v) is 13.1. The van der Waals surface area contributed by atoms with Crippen LogP contribution in [-0.2, 0) is 14.3 Å². The summed E-state index contributed by atoms with van der Waals surface area (Å²) in [6.45, 7) is 17.7. The Bertz CT molecular complexity index is 905. The Balaban J connectivity index is 0.00000308. The molecule has 0 bridgehead atoms. The molecule has 10 atom stereocenters. The summed E-state index contributed by atoms with van der Waals surface area (Å²) >= 11 is 0. The number of rotatable bonds is 5. The number of hydrogen-bond acceptors (Lipinski definition) is 5. The largest absolute Gasteiger partial charge is 1.00 e. The number of halogens is 1. The Morgan fingerprint density at radius 3 is 2.49 bits per heavy atom. The van der Waals surface area contributed by atoms with Gasteiger partial charge in [0.25, 0.3) is 0 Å². The second-order valence-electron chi connectivity index (χ2n) is 14.6. The molecule has 4 saturated carbocycles. The van der Waals surface area contributed by atoms with Crippen molar-refractivity contribution in [1.29, 1.82) is 0 Å². The molecular weight excluding hydrogens is 556 g/mol. The molecule has 0 aromatic rings. The molecule has 0 spiro atoms. The van der Waals surface area contributed by atoms with Gasteiger partial charge in [0.2, 0.25) is 0 Å². The van der Waals surface area contributed by atoms with Crippen molar-refractivity contribution in [3.8, 4) is 0 Å². The van der Waals surface area contributed by atoms with Gasteiger partial charge < -0.3 is 36.0 Å². The first kappa shape index (κ1) is 30.0. The number of fused-ring (bicyclic) bond motifs is 5. The second-order valence-corrected chi connectivity index (χ2v) is 14.6. The SMILES string of the molecule is C=CC[N+]1([C@H]2CC3C4CC[C@H]5C[C@H](O)C(N6CCOCC6)C[C@]5(C)C4CC[C@]3(C)[C@H]2OC(C)=O)CCCC1.[Br-]. The van der Waals surface area contributed by atoms with Gasteiger partial charge in [0, 0.05) is 50.7 Å². The van der Waals surface area contributed by atoms with Gasteiger partial charge in [0.05, 0.1) is 39.0 Å². The van der Waals surface area contributed by atoms with Crippen molar-refractivity contribution in [2.24, 2.45) is 34.5 Å². The quantitative estimate of drug-likeness (QED) is 0.291. The van der Waals surface area contributed by atoms with E-state index in [2.05, 4.69) is 31.4 Å². The topological polar surface area (TPSA) is 59.0 Å². The number of carbonyl (C=O) groups excluding carboxylic acids is 1. The van der Waals surface area contributed by atoms with Crippen LogP contribution in [0, 0.1) is 34.5 Å². The van der Waals surface area contributed by atoms with Crippen LogP contribution in [0.25, 0.3) is 0 Å². The summed E-state index contributed by atoms with van der Waals surface area (Å²) in [4.78, 5) is 15.0. The lowest BCUT2D eigenvalue weighted by molar-refractivity contribution is -0.937. The fourth-order valence-electron chi connectivity index (χ4n) is 11.3. The van der Waals surface area contributed by atoms with Crippen molar-refractivity contribution < 1.29 is 40.8 Å². The monoisotopic (exact) mass is 608 g/mol. The van der Waals surface area contributed by atoms with Gasteiger partial charge >= 0.3 is 5.97 Å². The van der Waals surface area contributed by atoms with Crippen molar-refractivity contribution in [3.63, 3.8) is 0 Å². The molecule has 1 N–H and O–H groups in total. The van der Waals surface area contributed by atoms with Crippen LogP contribution in [0.15, 0.2) is 12.7 Å². The molecule has 4 aliphatic carbocycles. The van der Waals surface area contributed by atoms with E-state index in [0.29, 0.717) is 29.7 Å². The summed E-state index contributed by atoms with van der Waals surface area (Å²) < 4.78 is 13.1. The van der Waals surface area contributed by atoms with E-state index < -0.39 is 0 Å². The first-order valence-corrected chi connectivity index (χ1v) is 15.9. The Morgan fingerprint density at radius 1 is 1.10 bits per heavy atom. The highest BCUT2D eigenvalue weighted by Gasteiger charge is 2.67. The number of aliphatic hydroxyl groups excluding tert-OH is 1. The summed E-state index contributed by atoms with van der Waals surface area (Å²) in [5, 5.41) is 11.3. The van der Waals surface area contributed by atoms with Crippen molar-refractivity contribution in [2.75, 3.05) is 45.9 Å². The number of esters is 1. The van der Waals surface area contributed by atoms with Crippen LogP contribution < -0.4 is 17.0 Å². The number of morpholine rings is 1. The predicted octanol–water partition coefficient (Wildman–Crippen LogP) is 1.41. The molecule has 7 heteroatoms. The number of likely N-dealkylation sites (tertiary alicyclic amines) is 1. The Kier molecular flexibility index (Phi) is 8.70. The van der Waals surface area contributed by atoms with E-state index in [1.165, 1.54) is 51.6 Å². The van der Waals surface area contributed by atoms with E-state index in [1.54, 1.807) is 6.92 Å². The highest BCUT2D eigenvalue weighted by molar-refractivity contribution is 5.66.